The smallest absolute Gasteiger partial charge is 0.236 e. The van der Waals surface area contributed by atoms with Gasteiger partial charge in [0.2, 0.25) is 5.78 Å². The minimum Gasteiger partial charge on any atom is -0.494 e. The number of imidazole rings is 1. The van der Waals surface area contributed by atoms with Crippen molar-refractivity contribution in [2.75, 3.05) is 25.1 Å². The molecule has 1 aromatic carbocycles. The molecule has 0 spiro atoms. The molecule has 5 nitrogen and oxygen atoms in total. The Hall–Kier alpha value is -2.30. The van der Waals surface area contributed by atoms with E-state index < -0.39 is 6.37 Å². The van der Waals surface area contributed by atoms with E-state index in [0.717, 1.165) is 48.5 Å². The molecule has 1 fully saturated rings. The number of piperidine rings is 1. The lowest BCUT2D eigenvalue weighted by molar-refractivity contribution is 0.377. The molecule has 4 rings (SSSR count). The van der Waals surface area contributed by atoms with Gasteiger partial charge in [-0.1, -0.05) is 25.8 Å². The van der Waals surface area contributed by atoms with Crippen LogP contribution in [0.5, 0.6) is 5.75 Å². The van der Waals surface area contributed by atoms with Gasteiger partial charge in [0.05, 0.1) is 12.6 Å². The molecule has 126 valence electrons. The zero-order chi connectivity index (χ0) is 18.3. The monoisotopic (exact) mass is 326 g/mol. The van der Waals surface area contributed by atoms with Crippen molar-refractivity contribution in [2.24, 2.45) is 5.92 Å². The Labute approximate surface area is 145 Å². The molecule has 5 heteroatoms. The van der Waals surface area contributed by atoms with Crippen molar-refractivity contribution in [1.82, 2.24) is 14.4 Å². The van der Waals surface area contributed by atoms with Crippen LogP contribution in [0, 0.1) is 5.92 Å². The summed E-state index contributed by atoms with van der Waals surface area (Å²) < 4.78 is 23.0. The minimum atomic E-state index is -1.08. The van der Waals surface area contributed by atoms with Crippen LogP contribution < -0.4 is 9.64 Å². The predicted molar refractivity (Wildman–Crippen MR) is 96.9 cm³/mol. The third-order valence-corrected chi connectivity index (χ3v) is 4.90. The van der Waals surface area contributed by atoms with Gasteiger partial charge in [-0.15, -0.1) is 0 Å². The molecule has 0 N–H and O–H groups in total. The average molecular weight is 326 g/mol. The van der Waals surface area contributed by atoms with Crippen molar-refractivity contribution in [3.8, 4) is 5.75 Å². The lowest BCUT2D eigenvalue weighted by Gasteiger charge is -2.32. The van der Waals surface area contributed by atoms with Crippen LogP contribution in [0.3, 0.4) is 0 Å². The molecule has 1 aliphatic rings. The number of rotatable bonds is 4. The lowest BCUT2D eigenvalue weighted by Crippen LogP contribution is -2.34. The fourth-order valence-electron chi connectivity index (χ4n) is 3.58. The van der Waals surface area contributed by atoms with E-state index in [1.165, 1.54) is 0 Å². The van der Waals surface area contributed by atoms with Crippen LogP contribution in [0.1, 0.15) is 35.3 Å². The van der Waals surface area contributed by atoms with Crippen molar-refractivity contribution in [2.45, 2.75) is 32.6 Å². The molecule has 0 amide bonds. The third-order valence-electron chi connectivity index (χ3n) is 4.90. The van der Waals surface area contributed by atoms with Gasteiger partial charge in [0.25, 0.3) is 0 Å². The Kier molecular flexibility index (Phi) is 3.43. The summed E-state index contributed by atoms with van der Waals surface area (Å²) in [6, 6.07) is 7.92. The van der Waals surface area contributed by atoms with Gasteiger partial charge < -0.3 is 9.64 Å². The van der Waals surface area contributed by atoms with E-state index in [4.69, 9.17) is 12.5 Å². The molecule has 0 saturated carbocycles. The van der Waals surface area contributed by atoms with E-state index in [2.05, 4.69) is 9.88 Å². The number of para-hydroxylation sites is 1. The second-order valence-electron chi connectivity index (χ2n) is 6.38. The van der Waals surface area contributed by atoms with Crippen LogP contribution in [0.15, 0.2) is 30.5 Å². The number of fused-ring (bicyclic) bond motifs is 3. The van der Waals surface area contributed by atoms with Crippen LogP contribution in [-0.2, 0) is 0 Å². The molecule has 0 unspecified atom stereocenters. The Bertz CT molecular complexity index is 926. The van der Waals surface area contributed by atoms with Gasteiger partial charge >= 0.3 is 0 Å². The van der Waals surface area contributed by atoms with E-state index >= 15 is 0 Å². The second-order valence-corrected chi connectivity index (χ2v) is 6.38. The molecule has 0 bridgehead atoms. The van der Waals surface area contributed by atoms with Gasteiger partial charge in [-0.25, -0.2) is 4.98 Å². The highest BCUT2D eigenvalue weighted by Gasteiger charge is 2.20. The van der Waals surface area contributed by atoms with Crippen molar-refractivity contribution in [3.05, 3.63) is 30.5 Å². The Morgan fingerprint density at radius 3 is 2.83 bits per heavy atom. The molecule has 3 heterocycles. The van der Waals surface area contributed by atoms with Crippen molar-refractivity contribution < 1.29 is 7.48 Å². The van der Waals surface area contributed by atoms with Gasteiger partial charge in [0.15, 0.2) is 0 Å². The highest BCUT2D eigenvalue weighted by Crippen LogP contribution is 2.28. The quantitative estimate of drug-likeness (QED) is 0.729. The number of hydrogen-bond acceptors (Lipinski definition) is 4. The lowest BCUT2D eigenvalue weighted by atomic mass is 9.92. The average Bonchev–Trinajstić information content (AvgIpc) is 2.98. The number of nitrogens with zero attached hydrogens (tertiary/aromatic N) is 4. The van der Waals surface area contributed by atoms with Crippen molar-refractivity contribution >= 4 is 22.6 Å². The summed E-state index contributed by atoms with van der Waals surface area (Å²) in [5.74, 6) is 2.82. The normalized spacial score (nSPS) is 18.0. The number of ether oxygens (including phenoxy) is 1. The fraction of sp³-hybridized carbons (Fsp3) is 0.474. The fourth-order valence-corrected chi connectivity index (χ4v) is 3.58. The van der Waals surface area contributed by atoms with Crippen LogP contribution >= 0.6 is 0 Å². The van der Waals surface area contributed by atoms with E-state index in [1.807, 2.05) is 34.9 Å². The first kappa shape index (κ1) is 13.0. The molecule has 1 aliphatic heterocycles. The standard InChI is InChI=1S/C19H24N4O/c1-3-5-14-8-11-22(12-9-14)17-10-13-23-15-6-4-7-16(24-2)18(15)21-19(23)20-17/h4,6-7,10,13-14H,3,5,8-9,11-12H2,1-2H3/i3D2. The summed E-state index contributed by atoms with van der Waals surface area (Å²) in [7, 11) is 1.65. The number of anilines is 1. The van der Waals surface area contributed by atoms with Gasteiger partial charge in [-0.05, 0) is 37.0 Å². The van der Waals surface area contributed by atoms with Gasteiger partial charge in [0, 0.05) is 22.0 Å². The molecule has 1 saturated heterocycles. The first-order valence-electron chi connectivity index (χ1n) is 9.51. The first-order valence-corrected chi connectivity index (χ1v) is 8.51. The zero-order valence-electron chi connectivity index (χ0n) is 16.2. The highest BCUT2D eigenvalue weighted by atomic mass is 16.5. The number of hydrogen-bond donors (Lipinski definition) is 0. The van der Waals surface area contributed by atoms with Crippen molar-refractivity contribution in [1.29, 1.82) is 0 Å². The Balaban J connectivity index is 1.58. The highest BCUT2D eigenvalue weighted by molar-refractivity contribution is 5.85. The van der Waals surface area contributed by atoms with Crippen LogP contribution in [0.4, 0.5) is 5.82 Å². The van der Waals surface area contributed by atoms with Crippen molar-refractivity contribution in [3.63, 3.8) is 0 Å². The molecule has 0 radical (unpaired) electrons. The van der Waals surface area contributed by atoms with E-state index in [9.17, 15) is 0 Å². The summed E-state index contributed by atoms with van der Waals surface area (Å²) in [5, 5.41) is 0. The van der Waals surface area contributed by atoms with E-state index in [-0.39, 0.29) is 0 Å². The predicted octanol–water partition coefficient (Wildman–Crippen LogP) is 3.91. The topological polar surface area (TPSA) is 42.7 Å². The molecule has 0 aliphatic carbocycles. The van der Waals surface area contributed by atoms with Gasteiger partial charge in [-0.3, -0.25) is 4.40 Å². The van der Waals surface area contributed by atoms with E-state index in [1.54, 1.807) is 14.0 Å². The molecule has 24 heavy (non-hydrogen) atoms. The second kappa shape index (κ2) is 6.30. The molecular weight excluding hydrogens is 300 g/mol. The Morgan fingerprint density at radius 2 is 2.08 bits per heavy atom. The SMILES string of the molecule is [2H]C([2H])(C)CC1CCN(c2ccn3c(n2)nc2c(OC)cccc23)CC1. The number of aromatic nitrogens is 3. The maximum absolute atomic E-state index is 7.78. The number of benzene rings is 1. The minimum absolute atomic E-state index is 0.452. The molecule has 0 atom stereocenters. The summed E-state index contributed by atoms with van der Waals surface area (Å²) in [6.45, 7) is 3.49. The summed E-state index contributed by atoms with van der Waals surface area (Å²) >= 11 is 0. The summed E-state index contributed by atoms with van der Waals surface area (Å²) in [5.41, 5.74) is 1.81. The maximum atomic E-state index is 7.78. The Morgan fingerprint density at radius 1 is 1.25 bits per heavy atom. The number of methoxy groups -OCH3 is 1. The maximum Gasteiger partial charge on any atom is 0.236 e. The third kappa shape index (κ3) is 2.58. The van der Waals surface area contributed by atoms with Crippen LogP contribution in [-0.4, -0.2) is 34.6 Å². The molecule has 3 aromatic rings. The van der Waals surface area contributed by atoms with Gasteiger partial charge in [0.1, 0.15) is 17.1 Å². The van der Waals surface area contributed by atoms with Gasteiger partial charge in [-0.2, -0.15) is 4.98 Å². The van der Waals surface area contributed by atoms with Crippen LogP contribution in [0.25, 0.3) is 16.8 Å². The van der Waals surface area contributed by atoms with Crippen LogP contribution in [0.2, 0.25) is 0 Å². The molecular formula is C19H24N4O. The zero-order valence-corrected chi connectivity index (χ0v) is 14.2. The van der Waals surface area contributed by atoms with E-state index in [0.29, 0.717) is 18.1 Å². The summed E-state index contributed by atoms with van der Waals surface area (Å²) in [4.78, 5) is 11.7. The summed E-state index contributed by atoms with van der Waals surface area (Å²) in [6.07, 6.45) is 3.58. The largest absolute Gasteiger partial charge is 0.494 e. The molecule has 2 aromatic heterocycles. The first-order chi connectivity index (χ1) is 12.4.